The lowest BCUT2D eigenvalue weighted by Gasteiger charge is -2.30. The van der Waals surface area contributed by atoms with Gasteiger partial charge in [0.1, 0.15) is 5.75 Å². The molecule has 2 heterocycles. The van der Waals surface area contributed by atoms with Gasteiger partial charge in [0.2, 0.25) is 5.75 Å². The Balaban J connectivity index is 1.27. The lowest BCUT2D eigenvalue weighted by Crippen LogP contribution is -2.38. The van der Waals surface area contributed by atoms with Gasteiger partial charge < -0.3 is 4.74 Å². The Hall–Kier alpha value is -5.20. The second kappa shape index (κ2) is 11.4. The molecule has 222 valence electrons. The predicted octanol–water partition coefficient (Wildman–Crippen LogP) is 6.69. The summed E-state index contributed by atoms with van der Waals surface area (Å²) in [5, 5.41) is 22.5. The van der Waals surface area contributed by atoms with Gasteiger partial charge >= 0.3 is 5.69 Å². The molecular formula is C33H21BrN4O6S. The van der Waals surface area contributed by atoms with E-state index in [4.69, 9.17) is 9.73 Å². The van der Waals surface area contributed by atoms with Crippen molar-refractivity contribution in [2.24, 2.45) is 4.99 Å². The fourth-order valence-electron chi connectivity index (χ4n) is 5.73. The van der Waals surface area contributed by atoms with Crippen molar-refractivity contribution in [3.05, 3.63) is 163 Å². The number of nitro benzene ring substituents is 2. The first-order chi connectivity index (χ1) is 21.8. The second-order valence-electron chi connectivity index (χ2n) is 10.5. The summed E-state index contributed by atoms with van der Waals surface area (Å²) in [5.74, 6) is 0.178. The Bertz CT molecular complexity index is 2240. The van der Waals surface area contributed by atoms with Crippen molar-refractivity contribution in [1.82, 2.24) is 4.57 Å². The molecule has 1 aromatic heterocycles. The number of allylic oxidation sites excluding steroid dienone is 1. The molecule has 0 spiro atoms. The number of hydrogen-bond acceptors (Lipinski definition) is 8. The number of fused-ring (bicyclic) bond motifs is 3. The molecule has 5 aromatic rings. The van der Waals surface area contributed by atoms with E-state index in [0.717, 1.165) is 57.4 Å². The maximum atomic E-state index is 14.0. The highest BCUT2D eigenvalue weighted by molar-refractivity contribution is 9.10. The van der Waals surface area contributed by atoms with E-state index < -0.39 is 21.2 Å². The summed E-state index contributed by atoms with van der Waals surface area (Å²) in [5.41, 5.74) is 5.07. The van der Waals surface area contributed by atoms with E-state index in [0.29, 0.717) is 15.1 Å². The summed E-state index contributed by atoms with van der Waals surface area (Å²) in [4.78, 5) is 40.8. The van der Waals surface area contributed by atoms with E-state index in [1.807, 2.05) is 36.4 Å². The van der Waals surface area contributed by atoms with E-state index in [2.05, 4.69) is 28.1 Å². The molecule has 0 unspecified atom stereocenters. The first kappa shape index (κ1) is 28.6. The van der Waals surface area contributed by atoms with Gasteiger partial charge in [-0.1, -0.05) is 75.8 Å². The monoisotopic (exact) mass is 680 g/mol. The molecule has 0 bridgehead atoms. The highest BCUT2D eigenvalue weighted by atomic mass is 79.9. The number of thiazole rings is 1. The van der Waals surface area contributed by atoms with Crippen molar-refractivity contribution in [3.63, 3.8) is 0 Å². The van der Waals surface area contributed by atoms with Gasteiger partial charge in [0, 0.05) is 16.1 Å². The van der Waals surface area contributed by atoms with Crippen LogP contribution in [0.3, 0.4) is 0 Å². The fraction of sp³-hybridized carbons (Fsp3) is 0.0909. The van der Waals surface area contributed by atoms with Crippen molar-refractivity contribution in [2.75, 3.05) is 0 Å². The van der Waals surface area contributed by atoms with Crippen LogP contribution in [0.5, 0.6) is 11.5 Å². The molecule has 2 aliphatic rings. The van der Waals surface area contributed by atoms with Gasteiger partial charge in [-0.3, -0.25) is 29.6 Å². The van der Waals surface area contributed by atoms with E-state index in [1.54, 1.807) is 34.9 Å². The van der Waals surface area contributed by atoms with Crippen LogP contribution in [0.25, 0.3) is 11.8 Å². The largest absolute Gasteiger partial charge is 0.450 e. The first-order valence-corrected chi connectivity index (χ1v) is 15.5. The standard InChI is InChI=1S/C33H21BrN4O6S/c34-22-10-7-21(8-11-22)31-26-15-9-20-3-1-2-4-25(20)30(26)35-33-36(31)32(39)29(45-33)17-19-5-13-24(14-6-19)44-28-16-12-23(37(40)41)18-27(28)38(42)43/h1-8,10-14,16-18,31H,9,15H2/b29-17+/t31-/m1/s1. The summed E-state index contributed by atoms with van der Waals surface area (Å²) >= 11 is 4.85. The van der Waals surface area contributed by atoms with Crippen LogP contribution in [0.4, 0.5) is 11.4 Å². The van der Waals surface area contributed by atoms with Crippen molar-refractivity contribution < 1.29 is 14.6 Å². The number of hydrogen-bond donors (Lipinski definition) is 0. The zero-order valence-electron chi connectivity index (χ0n) is 23.3. The zero-order valence-corrected chi connectivity index (χ0v) is 25.7. The predicted molar refractivity (Wildman–Crippen MR) is 173 cm³/mol. The van der Waals surface area contributed by atoms with Crippen molar-refractivity contribution in [1.29, 1.82) is 0 Å². The van der Waals surface area contributed by atoms with Crippen LogP contribution in [0, 0.1) is 20.2 Å². The Morgan fingerprint density at radius 1 is 0.933 bits per heavy atom. The molecule has 0 saturated heterocycles. The first-order valence-electron chi connectivity index (χ1n) is 13.9. The summed E-state index contributed by atoms with van der Waals surface area (Å²) in [6.07, 6.45) is 3.46. The van der Waals surface area contributed by atoms with Gasteiger partial charge in [-0.05, 0) is 71.5 Å². The molecule has 45 heavy (non-hydrogen) atoms. The van der Waals surface area contributed by atoms with Crippen molar-refractivity contribution in [2.45, 2.75) is 18.9 Å². The number of non-ortho nitro benzene ring substituents is 1. The highest BCUT2D eigenvalue weighted by Crippen LogP contribution is 2.41. The molecule has 0 saturated carbocycles. The van der Waals surface area contributed by atoms with Gasteiger partial charge in [-0.25, -0.2) is 4.99 Å². The summed E-state index contributed by atoms with van der Waals surface area (Å²) in [7, 11) is 0. The summed E-state index contributed by atoms with van der Waals surface area (Å²) in [6, 6.07) is 26.0. The Labute approximate surface area is 267 Å². The third-order valence-electron chi connectivity index (χ3n) is 7.81. The minimum Gasteiger partial charge on any atom is -0.450 e. The molecule has 1 aliphatic carbocycles. The number of halogens is 1. The number of nitro groups is 2. The molecular weight excluding hydrogens is 660 g/mol. The molecule has 0 N–H and O–H groups in total. The number of benzene rings is 4. The molecule has 1 aliphatic heterocycles. The Morgan fingerprint density at radius 2 is 1.69 bits per heavy atom. The van der Waals surface area contributed by atoms with Crippen molar-refractivity contribution in [3.8, 4) is 11.5 Å². The molecule has 12 heteroatoms. The average molecular weight is 682 g/mol. The summed E-state index contributed by atoms with van der Waals surface area (Å²) in [6.45, 7) is 0. The van der Waals surface area contributed by atoms with E-state index in [9.17, 15) is 25.0 Å². The van der Waals surface area contributed by atoms with Crippen LogP contribution >= 0.6 is 27.3 Å². The second-order valence-corrected chi connectivity index (χ2v) is 12.4. The number of ether oxygens (including phenoxy) is 1. The number of nitrogens with zero attached hydrogens (tertiary/aromatic N) is 4. The van der Waals surface area contributed by atoms with Gasteiger partial charge in [-0.2, -0.15) is 0 Å². The Kier molecular flexibility index (Phi) is 7.22. The molecule has 4 aromatic carbocycles. The molecule has 10 nitrogen and oxygen atoms in total. The number of aromatic nitrogens is 1. The lowest BCUT2D eigenvalue weighted by molar-refractivity contribution is -0.394. The van der Waals surface area contributed by atoms with Gasteiger partial charge in [0.05, 0.1) is 32.2 Å². The van der Waals surface area contributed by atoms with Gasteiger partial charge in [0.25, 0.3) is 11.2 Å². The smallest absolute Gasteiger partial charge is 0.318 e. The van der Waals surface area contributed by atoms with Crippen LogP contribution in [-0.2, 0) is 6.42 Å². The number of rotatable bonds is 6. The highest BCUT2D eigenvalue weighted by Gasteiger charge is 2.32. The van der Waals surface area contributed by atoms with Crippen LogP contribution in [0.15, 0.2) is 111 Å². The fourth-order valence-corrected chi connectivity index (χ4v) is 6.99. The lowest BCUT2D eigenvalue weighted by atomic mass is 9.83. The van der Waals surface area contributed by atoms with E-state index in [-0.39, 0.29) is 17.4 Å². The van der Waals surface area contributed by atoms with Crippen LogP contribution in [0.1, 0.15) is 34.7 Å². The number of aryl methyl sites for hydroxylation is 1. The SMILES string of the molecule is O=c1/c(=C\c2ccc(Oc3ccc([N+](=O)[O-])cc3[N+](=O)[O-])cc2)sc2n1[C@H](c1ccc(Br)cc1)C1=C(N=2)c2ccccc2CC1. The van der Waals surface area contributed by atoms with Crippen LogP contribution in [0.2, 0.25) is 0 Å². The van der Waals surface area contributed by atoms with E-state index >= 15 is 0 Å². The molecule has 7 rings (SSSR count). The van der Waals surface area contributed by atoms with Gasteiger partial charge in [-0.15, -0.1) is 0 Å². The van der Waals surface area contributed by atoms with Gasteiger partial charge in [0.15, 0.2) is 4.80 Å². The maximum Gasteiger partial charge on any atom is 0.318 e. The normalized spacial score (nSPS) is 15.5. The quantitative estimate of drug-likeness (QED) is 0.145. The van der Waals surface area contributed by atoms with E-state index in [1.165, 1.54) is 23.0 Å². The van der Waals surface area contributed by atoms with Crippen LogP contribution in [-0.4, -0.2) is 14.4 Å². The third kappa shape index (κ3) is 5.28. The zero-order chi connectivity index (χ0) is 31.2. The molecule has 0 radical (unpaired) electrons. The molecule has 1 atom stereocenters. The van der Waals surface area contributed by atoms with Crippen molar-refractivity contribution >= 4 is 50.4 Å². The topological polar surface area (TPSA) is 130 Å². The summed E-state index contributed by atoms with van der Waals surface area (Å²) < 4.78 is 8.95. The Morgan fingerprint density at radius 3 is 2.42 bits per heavy atom. The molecule has 0 fully saturated rings. The minimum absolute atomic E-state index is 0.120. The third-order valence-corrected chi connectivity index (χ3v) is 9.33. The maximum absolute atomic E-state index is 14.0. The van der Waals surface area contributed by atoms with Crippen LogP contribution < -0.4 is 19.6 Å². The minimum atomic E-state index is -0.728. The molecule has 0 amide bonds. The average Bonchev–Trinajstić information content (AvgIpc) is 3.35.